The van der Waals surface area contributed by atoms with Crippen molar-refractivity contribution in [3.8, 4) is 11.4 Å². The highest BCUT2D eigenvalue weighted by Gasteiger charge is 2.19. The van der Waals surface area contributed by atoms with Crippen LogP contribution in [0.4, 0.5) is 5.69 Å². The van der Waals surface area contributed by atoms with Crippen LogP contribution in [0.1, 0.15) is 22.6 Å². The molecule has 0 saturated heterocycles. The van der Waals surface area contributed by atoms with Gasteiger partial charge in [-0.3, -0.25) is 9.78 Å². The molecule has 8 heteroatoms. The highest BCUT2D eigenvalue weighted by Crippen LogP contribution is 2.22. The van der Waals surface area contributed by atoms with Crippen molar-refractivity contribution in [2.24, 2.45) is 0 Å². The van der Waals surface area contributed by atoms with Crippen LogP contribution in [0.25, 0.3) is 16.6 Å². The van der Waals surface area contributed by atoms with E-state index in [1.807, 2.05) is 75.6 Å². The van der Waals surface area contributed by atoms with Crippen LogP contribution < -0.4 is 10.1 Å². The number of nitrogens with one attached hydrogen (secondary N) is 1. The summed E-state index contributed by atoms with van der Waals surface area (Å²) in [6.45, 7) is 3.44. The monoisotopic (exact) mass is 430 g/mol. The zero-order valence-electron chi connectivity index (χ0n) is 18.4. The lowest BCUT2D eigenvalue weighted by Gasteiger charge is -2.11. The Labute approximate surface area is 186 Å². The molecule has 4 aromatic rings. The summed E-state index contributed by atoms with van der Waals surface area (Å²) in [6.07, 6.45) is 2.69. The molecule has 0 aliphatic heterocycles. The minimum absolute atomic E-state index is 0.266. The largest absolute Gasteiger partial charge is 0.494 e. The number of carbonyl (C=O) groups is 1. The Kier molecular flexibility index (Phi) is 6.42. The van der Waals surface area contributed by atoms with Crippen LogP contribution in [-0.4, -0.2) is 58.0 Å². The van der Waals surface area contributed by atoms with Crippen LogP contribution in [-0.2, 0) is 0 Å². The van der Waals surface area contributed by atoms with Gasteiger partial charge in [0.05, 0.1) is 23.5 Å². The number of fused-ring (bicyclic) bond motifs is 1. The van der Waals surface area contributed by atoms with E-state index in [-0.39, 0.29) is 11.6 Å². The highest BCUT2D eigenvalue weighted by atomic mass is 16.5. The van der Waals surface area contributed by atoms with Crippen molar-refractivity contribution in [2.75, 3.05) is 32.6 Å². The van der Waals surface area contributed by atoms with Gasteiger partial charge in [0.2, 0.25) is 0 Å². The molecule has 1 N–H and O–H groups in total. The number of para-hydroxylation sites is 1. The Morgan fingerprint density at radius 3 is 2.66 bits per heavy atom. The molecule has 0 bridgehead atoms. The topological polar surface area (TPSA) is 85.2 Å². The first-order chi connectivity index (χ1) is 15.5. The number of aromatic nitrogens is 4. The molecule has 2 aromatic heterocycles. The number of hydrogen-bond donors (Lipinski definition) is 1. The number of carbonyl (C=O) groups excluding carboxylic acids is 1. The van der Waals surface area contributed by atoms with Crippen molar-refractivity contribution in [1.29, 1.82) is 0 Å². The van der Waals surface area contributed by atoms with Crippen LogP contribution in [0.5, 0.6) is 5.75 Å². The maximum absolute atomic E-state index is 12.8. The van der Waals surface area contributed by atoms with E-state index in [9.17, 15) is 4.79 Å². The number of rotatable bonds is 8. The fourth-order valence-corrected chi connectivity index (χ4v) is 3.42. The van der Waals surface area contributed by atoms with Gasteiger partial charge in [-0.2, -0.15) is 0 Å². The second-order valence-electron chi connectivity index (χ2n) is 7.77. The molecule has 8 nitrogen and oxygen atoms in total. The molecule has 2 aromatic carbocycles. The summed E-state index contributed by atoms with van der Waals surface area (Å²) in [4.78, 5) is 19.4. The first-order valence-corrected chi connectivity index (χ1v) is 10.5. The zero-order chi connectivity index (χ0) is 22.5. The molecule has 0 saturated carbocycles. The molecule has 0 fully saturated rings. The lowest BCUT2D eigenvalue weighted by atomic mass is 10.2. The Hall–Kier alpha value is -3.78. The molecule has 0 unspecified atom stereocenters. The Morgan fingerprint density at radius 2 is 1.88 bits per heavy atom. The lowest BCUT2D eigenvalue weighted by Crippen LogP contribution is -2.15. The molecular weight excluding hydrogens is 404 g/mol. The van der Waals surface area contributed by atoms with Crippen LogP contribution >= 0.6 is 0 Å². The molecule has 0 aliphatic carbocycles. The van der Waals surface area contributed by atoms with Gasteiger partial charge in [-0.1, -0.05) is 23.4 Å². The van der Waals surface area contributed by atoms with Gasteiger partial charge in [-0.15, -0.1) is 5.10 Å². The normalized spacial score (nSPS) is 11.1. The summed E-state index contributed by atoms with van der Waals surface area (Å²) in [5.74, 6) is 0.453. The lowest BCUT2D eigenvalue weighted by molar-refractivity contribution is 0.102. The van der Waals surface area contributed by atoms with E-state index in [1.54, 1.807) is 10.9 Å². The smallest absolute Gasteiger partial charge is 0.278 e. The molecule has 164 valence electrons. The summed E-state index contributed by atoms with van der Waals surface area (Å²) >= 11 is 0. The minimum Gasteiger partial charge on any atom is -0.494 e. The van der Waals surface area contributed by atoms with Crippen molar-refractivity contribution in [1.82, 2.24) is 24.9 Å². The predicted octanol–water partition coefficient (Wildman–Crippen LogP) is 3.71. The van der Waals surface area contributed by atoms with Crippen LogP contribution in [0, 0.1) is 6.92 Å². The Balaban J connectivity index is 1.45. The third kappa shape index (κ3) is 4.76. The molecule has 0 spiro atoms. The van der Waals surface area contributed by atoms with Crippen LogP contribution in [0.3, 0.4) is 0 Å². The van der Waals surface area contributed by atoms with Gasteiger partial charge in [0, 0.05) is 23.8 Å². The standard InChI is InChI=1S/C24H26N6O2/c1-17-22(27-28-30(17)21-9-4-7-18-8-5-14-25-23(18)21)24(31)26-19-10-12-20(13-11-19)32-16-6-15-29(2)3/h4-5,7-14H,6,15-16H2,1-3H3,(H,26,31). The van der Waals surface area contributed by atoms with Gasteiger partial charge in [0.15, 0.2) is 5.69 Å². The van der Waals surface area contributed by atoms with Gasteiger partial charge in [0.1, 0.15) is 5.75 Å². The maximum atomic E-state index is 12.8. The van der Waals surface area contributed by atoms with Crippen molar-refractivity contribution < 1.29 is 9.53 Å². The molecule has 4 rings (SSSR count). The molecule has 0 aliphatic rings. The summed E-state index contributed by atoms with van der Waals surface area (Å²) in [5, 5.41) is 12.2. The van der Waals surface area contributed by atoms with Gasteiger partial charge in [0.25, 0.3) is 5.91 Å². The van der Waals surface area contributed by atoms with Crippen LogP contribution in [0.2, 0.25) is 0 Å². The Bertz CT molecular complexity index is 1210. The summed E-state index contributed by atoms with van der Waals surface area (Å²) in [5.41, 5.74) is 3.15. The number of hydrogen-bond acceptors (Lipinski definition) is 6. The maximum Gasteiger partial charge on any atom is 0.278 e. The van der Waals surface area contributed by atoms with E-state index in [4.69, 9.17) is 4.74 Å². The van der Waals surface area contributed by atoms with E-state index in [2.05, 4.69) is 25.5 Å². The number of amides is 1. The third-order valence-corrected chi connectivity index (χ3v) is 5.08. The van der Waals surface area contributed by atoms with E-state index < -0.39 is 0 Å². The van der Waals surface area contributed by atoms with E-state index in [1.165, 1.54) is 0 Å². The third-order valence-electron chi connectivity index (χ3n) is 5.08. The molecule has 2 heterocycles. The van der Waals surface area contributed by atoms with Gasteiger partial charge in [-0.25, -0.2) is 4.68 Å². The first kappa shape index (κ1) is 21.5. The summed E-state index contributed by atoms with van der Waals surface area (Å²) in [6, 6.07) is 17.0. The molecule has 1 amide bonds. The van der Waals surface area contributed by atoms with Gasteiger partial charge >= 0.3 is 0 Å². The van der Waals surface area contributed by atoms with E-state index in [0.717, 1.165) is 35.3 Å². The zero-order valence-corrected chi connectivity index (χ0v) is 18.4. The highest BCUT2D eigenvalue weighted by molar-refractivity contribution is 6.03. The fraction of sp³-hybridized carbons (Fsp3) is 0.250. The van der Waals surface area contributed by atoms with E-state index >= 15 is 0 Å². The minimum atomic E-state index is -0.318. The fourth-order valence-electron chi connectivity index (χ4n) is 3.42. The van der Waals surface area contributed by atoms with Crippen molar-refractivity contribution in [3.63, 3.8) is 0 Å². The van der Waals surface area contributed by atoms with Crippen molar-refractivity contribution >= 4 is 22.5 Å². The number of ether oxygens (including phenoxy) is 1. The van der Waals surface area contributed by atoms with E-state index in [0.29, 0.717) is 18.0 Å². The van der Waals surface area contributed by atoms with Crippen molar-refractivity contribution in [2.45, 2.75) is 13.3 Å². The van der Waals surface area contributed by atoms with Crippen molar-refractivity contribution in [3.05, 3.63) is 72.2 Å². The number of benzene rings is 2. The first-order valence-electron chi connectivity index (χ1n) is 10.5. The second-order valence-corrected chi connectivity index (χ2v) is 7.77. The predicted molar refractivity (Wildman–Crippen MR) is 124 cm³/mol. The second kappa shape index (κ2) is 9.57. The summed E-state index contributed by atoms with van der Waals surface area (Å²) < 4.78 is 7.38. The van der Waals surface area contributed by atoms with Gasteiger partial charge < -0.3 is 15.0 Å². The van der Waals surface area contributed by atoms with Gasteiger partial charge in [-0.05, 0) is 63.8 Å². The van der Waals surface area contributed by atoms with Crippen LogP contribution in [0.15, 0.2) is 60.8 Å². The molecule has 0 radical (unpaired) electrons. The number of pyridine rings is 1. The average Bonchev–Trinajstić information content (AvgIpc) is 3.18. The molecular formula is C24H26N6O2. The molecule has 0 atom stereocenters. The number of anilines is 1. The SMILES string of the molecule is Cc1c(C(=O)Nc2ccc(OCCCN(C)C)cc2)nnn1-c1cccc2cccnc12. The number of nitrogens with zero attached hydrogens (tertiary/aromatic N) is 5. The Morgan fingerprint density at radius 1 is 1.09 bits per heavy atom. The molecule has 32 heavy (non-hydrogen) atoms. The quantitative estimate of drug-likeness (QED) is 0.429. The summed E-state index contributed by atoms with van der Waals surface area (Å²) in [7, 11) is 4.08. The average molecular weight is 431 g/mol.